The average Bonchev–Trinajstić information content (AvgIpc) is 3.07. The lowest BCUT2D eigenvalue weighted by atomic mass is 9.96. The molecule has 44 heavy (non-hydrogen) atoms. The van der Waals surface area contributed by atoms with Crippen molar-refractivity contribution in [2.75, 3.05) is 13.2 Å². The first-order valence-corrected chi connectivity index (χ1v) is 17.2. The van der Waals surface area contributed by atoms with Gasteiger partial charge in [0, 0.05) is 22.3 Å². The second-order valence-electron chi connectivity index (χ2n) is 12.0. The zero-order valence-corrected chi connectivity index (χ0v) is 27.3. The van der Waals surface area contributed by atoms with Crippen molar-refractivity contribution in [2.45, 2.75) is 117 Å². The van der Waals surface area contributed by atoms with Crippen LogP contribution in [-0.2, 0) is 0 Å². The fourth-order valence-corrected chi connectivity index (χ4v) is 5.57. The normalized spacial score (nSPS) is 11.0. The number of hydrogen-bond donors (Lipinski definition) is 0. The van der Waals surface area contributed by atoms with Gasteiger partial charge in [-0.3, -0.25) is 9.59 Å². The van der Waals surface area contributed by atoms with Crippen LogP contribution in [-0.4, -0.2) is 25.8 Å². The minimum absolute atomic E-state index is 0.646. The maximum absolute atomic E-state index is 11.3. The zero-order valence-electron chi connectivity index (χ0n) is 27.3. The monoisotopic (exact) mass is 598 g/mol. The minimum atomic E-state index is 0.646. The molecule has 238 valence electrons. The molecule has 4 heteroatoms. The first kappa shape index (κ1) is 35.1. The summed E-state index contributed by atoms with van der Waals surface area (Å²) in [6, 6.07) is 19.5. The molecule has 0 aliphatic rings. The van der Waals surface area contributed by atoms with Crippen molar-refractivity contribution in [1.82, 2.24) is 0 Å². The third-order valence-corrected chi connectivity index (χ3v) is 8.31. The van der Waals surface area contributed by atoms with Gasteiger partial charge in [0.15, 0.2) is 0 Å². The Labute approximate surface area is 266 Å². The van der Waals surface area contributed by atoms with Crippen molar-refractivity contribution in [3.63, 3.8) is 0 Å². The van der Waals surface area contributed by atoms with Gasteiger partial charge in [-0.15, -0.1) is 0 Å². The smallest absolute Gasteiger partial charge is 0.150 e. The largest absolute Gasteiger partial charge is 0.493 e. The van der Waals surface area contributed by atoms with E-state index in [1.54, 1.807) is 0 Å². The molecule has 0 saturated carbocycles. The quantitative estimate of drug-likeness (QED) is 0.0760. The molecule has 0 heterocycles. The minimum Gasteiger partial charge on any atom is -0.493 e. The lowest BCUT2D eigenvalue weighted by Crippen LogP contribution is -2.03. The molecular formula is C40H54O4. The highest BCUT2D eigenvalue weighted by molar-refractivity contribution is 5.84. The molecule has 0 radical (unpaired) electrons. The van der Waals surface area contributed by atoms with Crippen LogP contribution in [0.4, 0.5) is 0 Å². The average molecular weight is 599 g/mol. The third kappa shape index (κ3) is 12.3. The summed E-state index contributed by atoms with van der Waals surface area (Å²) in [5.74, 6) is 1.61. The number of carbonyl (C=O) groups is 2. The topological polar surface area (TPSA) is 52.6 Å². The van der Waals surface area contributed by atoms with Gasteiger partial charge in [0.2, 0.25) is 0 Å². The van der Waals surface area contributed by atoms with Crippen molar-refractivity contribution in [3.8, 4) is 33.8 Å². The van der Waals surface area contributed by atoms with E-state index in [1.807, 2.05) is 48.5 Å². The standard InChI is InChI=1S/C40H54O4/c1-3-5-7-9-11-13-15-17-27-43-39-29-38(36-25-21-34(32-42)22-26-36)40(44-28-18-16-14-12-10-8-6-4-2)30-37(39)35-23-19-33(31-41)20-24-35/h19-26,29-32H,3-18,27-28H2,1-2H3. The molecule has 0 unspecified atom stereocenters. The number of ether oxygens (including phenoxy) is 2. The lowest BCUT2D eigenvalue weighted by molar-refractivity contribution is 0.111. The van der Waals surface area contributed by atoms with Crippen molar-refractivity contribution < 1.29 is 19.1 Å². The van der Waals surface area contributed by atoms with Gasteiger partial charge in [-0.25, -0.2) is 0 Å². The molecule has 0 bridgehead atoms. The van der Waals surface area contributed by atoms with E-state index in [1.165, 1.54) is 77.0 Å². The Balaban J connectivity index is 1.78. The van der Waals surface area contributed by atoms with Gasteiger partial charge in [-0.05, 0) is 36.1 Å². The molecule has 0 atom stereocenters. The fourth-order valence-electron chi connectivity index (χ4n) is 5.57. The first-order chi connectivity index (χ1) is 21.7. The van der Waals surface area contributed by atoms with Crippen LogP contribution in [0.2, 0.25) is 0 Å². The summed E-state index contributed by atoms with van der Waals surface area (Å²) in [4.78, 5) is 22.6. The van der Waals surface area contributed by atoms with Gasteiger partial charge in [0.1, 0.15) is 24.1 Å². The summed E-state index contributed by atoms with van der Waals surface area (Å²) in [5.41, 5.74) is 5.19. The summed E-state index contributed by atoms with van der Waals surface area (Å²) in [6.07, 6.45) is 21.7. The Hall–Kier alpha value is -3.40. The zero-order chi connectivity index (χ0) is 31.2. The highest BCUT2D eigenvalue weighted by atomic mass is 16.5. The molecule has 0 amide bonds. The van der Waals surface area contributed by atoms with E-state index < -0.39 is 0 Å². The Kier molecular flexibility index (Phi) is 17.0. The third-order valence-electron chi connectivity index (χ3n) is 8.31. The van der Waals surface area contributed by atoms with E-state index >= 15 is 0 Å². The molecule has 3 aromatic rings. The van der Waals surface area contributed by atoms with Crippen LogP contribution in [0.15, 0.2) is 60.7 Å². The van der Waals surface area contributed by atoms with E-state index in [4.69, 9.17) is 9.47 Å². The Bertz CT molecular complexity index is 1120. The van der Waals surface area contributed by atoms with E-state index in [2.05, 4.69) is 26.0 Å². The van der Waals surface area contributed by atoms with E-state index in [-0.39, 0.29) is 0 Å². The summed E-state index contributed by atoms with van der Waals surface area (Å²) < 4.78 is 12.9. The molecule has 4 nitrogen and oxygen atoms in total. The predicted molar refractivity (Wildman–Crippen MR) is 184 cm³/mol. The highest BCUT2D eigenvalue weighted by Crippen LogP contribution is 2.41. The van der Waals surface area contributed by atoms with E-state index in [9.17, 15) is 9.59 Å². The number of aldehydes is 2. The van der Waals surface area contributed by atoms with Gasteiger partial charge in [-0.1, -0.05) is 152 Å². The van der Waals surface area contributed by atoms with Crippen LogP contribution >= 0.6 is 0 Å². The summed E-state index contributed by atoms with van der Waals surface area (Å²) >= 11 is 0. The van der Waals surface area contributed by atoms with Crippen molar-refractivity contribution in [2.24, 2.45) is 0 Å². The Morgan fingerprint density at radius 2 is 0.773 bits per heavy atom. The van der Waals surface area contributed by atoms with Crippen LogP contribution < -0.4 is 9.47 Å². The molecule has 0 fully saturated rings. The molecular weight excluding hydrogens is 544 g/mol. The van der Waals surface area contributed by atoms with Gasteiger partial charge in [0.05, 0.1) is 13.2 Å². The van der Waals surface area contributed by atoms with Gasteiger partial charge < -0.3 is 9.47 Å². The Morgan fingerprint density at radius 1 is 0.455 bits per heavy atom. The first-order valence-electron chi connectivity index (χ1n) is 17.2. The molecule has 0 saturated heterocycles. The SMILES string of the molecule is CCCCCCCCCCOc1cc(-c2ccc(C=O)cc2)c(OCCCCCCCCCC)cc1-c1ccc(C=O)cc1. The van der Waals surface area contributed by atoms with E-state index in [0.717, 1.165) is 72.0 Å². The second kappa shape index (κ2) is 21.3. The van der Waals surface area contributed by atoms with Crippen molar-refractivity contribution >= 4 is 12.6 Å². The number of rotatable bonds is 24. The van der Waals surface area contributed by atoms with Crippen molar-refractivity contribution in [1.29, 1.82) is 0 Å². The maximum atomic E-state index is 11.3. The lowest BCUT2D eigenvalue weighted by Gasteiger charge is -2.19. The Morgan fingerprint density at radius 3 is 1.09 bits per heavy atom. The molecule has 0 N–H and O–H groups in total. The number of benzene rings is 3. The van der Waals surface area contributed by atoms with Crippen LogP contribution in [0, 0.1) is 0 Å². The number of hydrogen-bond acceptors (Lipinski definition) is 4. The molecule has 0 aliphatic carbocycles. The van der Waals surface area contributed by atoms with Crippen LogP contribution in [0.1, 0.15) is 137 Å². The maximum Gasteiger partial charge on any atom is 0.150 e. The van der Waals surface area contributed by atoms with Gasteiger partial charge in [0.25, 0.3) is 0 Å². The number of carbonyl (C=O) groups excluding carboxylic acids is 2. The molecule has 0 spiro atoms. The molecule has 0 aliphatic heterocycles. The van der Waals surface area contributed by atoms with Gasteiger partial charge >= 0.3 is 0 Å². The van der Waals surface area contributed by atoms with E-state index in [0.29, 0.717) is 24.3 Å². The van der Waals surface area contributed by atoms with Gasteiger partial charge in [-0.2, -0.15) is 0 Å². The summed E-state index contributed by atoms with van der Waals surface area (Å²) in [5, 5.41) is 0. The van der Waals surface area contributed by atoms with Crippen LogP contribution in [0.5, 0.6) is 11.5 Å². The summed E-state index contributed by atoms with van der Waals surface area (Å²) in [6.45, 7) is 5.81. The molecule has 3 rings (SSSR count). The highest BCUT2D eigenvalue weighted by Gasteiger charge is 2.16. The number of unbranched alkanes of at least 4 members (excludes halogenated alkanes) is 14. The molecule has 3 aromatic carbocycles. The van der Waals surface area contributed by atoms with Crippen molar-refractivity contribution in [3.05, 3.63) is 71.8 Å². The van der Waals surface area contributed by atoms with Crippen LogP contribution in [0.25, 0.3) is 22.3 Å². The predicted octanol–water partition coefficient (Wildman–Crippen LogP) is 11.7. The second-order valence-corrected chi connectivity index (χ2v) is 12.0. The molecule has 0 aromatic heterocycles. The summed E-state index contributed by atoms with van der Waals surface area (Å²) in [7, 11) is 0. The fraction of sp³-hybridized carbons (Fsp3) is 0.500. The van der Waals surface area contributed by atoms with Crippen LogP contribution in [0.3, 0.4) is 0 Å².